The Labute approximate surface area is 207 Å². The van der Waals surface area contributed by atoms with Gasteiger partial charge in [-0.2, -0.15) is 9.98 Å². The van der Waals surface area contributed by atoms with Crippen LogP contribution in [0.25, 0.3) is 0 Å². The zero-order chi connectivity index (χ0) is 23.4. The molecule has 0 fully saturated rings. The Morgan fingerprint density at radius 1 is 0.688 bits per heavy atom. The van der Waals surface area contributed by atoms with Crippen LogP contribution in [0.4, 0.5) is 0 Å². The van der Waals surface area contributed by atoms with Crippen LogP contribution in [-0.2, 0) is 0 Å². The highest BCUT2D eigenvalue weighted by molar-refractivity contribution is 5.92. The van der Waals surface area contributed by atoms with Crippen LogP contribution in [0, 0.1) is 22.7 Å². The summed E-state index contributed by atoms with van der Waals surface area (Å²) in [4.78, 5) is 7.22. The molecule has 0 saturated carbocycles. The highest BCUT2D eigenvalue weighted by Crippen LogP contribution is 2.11. The van der Waals surface area contributed by atoms with Crippen LogP contribution in [0.3, 0.4) is 0 Å². The van der Waals surface area contributed by atoms with Crippen molar-refractivity contribution in [2.75, 3.05) is 13.1 Å². The lowest BCUT2D eigenvalue weighted by Crippen LogP contribution is -2.31. The summed E-state index contributed by atoms with van der Waals surface area (Å²) in [5, 5.41) is 20.6. The van der Waals surface area contributed by atoms with Crippen molar-refractivity contribution in [1.82, 2.24) is 10.6 Å². The predicted molar refractivity (Wildman–Crippen MR) is 144 cm³/mol. The van der Waals surface area contributed by atoms with Gasteiger partial charge in [-0.3, -0.25) is 10.8 Å². The van der Waals surface area contributed by atoms with Gasteiger partial charge >= 0.3 is 0 Å². The van der Waals surface area contributed by atoms with Crippen LogP contribution >= 0.6 is 24.8 Å². The summed E-state index contributed by atoms with van der Waals surface area (Å²) in [5.41, 5.74) is 20.6. The van der Waals surface area contributed by atoms with Gasteiger partial charge in [-0.1, -0.05) is 66.2 Å². The first-order valence-corrected chi connectivity index (χ1v) is 11.0. The molecule has 0 rings (SSSR count). The van der Waals surface area contributed by atoms with Crippen molar-refractivity contribution < 1.29 is 0 Å². The minimum absolute atomic E-state index is 0. The standard InChI is InChI=1S/2C10H23N5.2ClH/c2*1-3-5-6-8(4-2)7-14-10(13)15-9(11)12;;/h2*8H,3-7H2,1-2H3,(H6,11,12,13,14,15);2*1H. The monoisotopic (exact) mass is 498 g/mol. The molecule has 10 nitrogen and oxygen atoms in total. The molecule has 2 unspecified atom stereocenters. The fraction of sp³-hybridized carbons (Fsp3) is 0.800. The fourth-order valence-corrected chi connectivity index (χ4v) is 2.71. The van der Waals surface area contributed by atoms with Crippen molar-refractivity contribution in [2.45, 2.75) is 79.1 Å². The maximum Gasteiger partial charge on any atom is 0.218 e. The molecule has 0 aromatic carbocycles. The number of nitrogens with zero attached hydrogens (tertiary/aromatic N) is 2. The Bertz CT molecular complexity index is 473. The van der Waals surface area contributed by atoms with Gasteiger partial charge in [-0.05, 0) is 24.7 Å². The highest BCUT2D eigenvalue weighted by atomic mass is 35.5. The van der Waals surface area contributed by atoms with E-state index in [-0.39, 0.29) is 48.7 Å². The van der Waals surface area contributed by atoms with E-state index in [1.807, 2.05) is 0 Å². The molecule has 12 heteroatoms. The van der Waals surface area contributed by atoms with Gasteiger partial charge in [0.1, 0.15) is 0 Å². The molecule has 12 N–H and O–H groups in total. The van der Waals surface area contributed by atoms with Gasteiger partial charge in [0.25, 0.3) is 0 Å². The summed E-state index contributed by atoms with van der Waals surface area (Å²) in [6, 6.07) is 0. The van der Waals surface area contributed by atoms with E-state index in [4.69, 9.17) is 33.8 Å². The zero-order valence-electron chi connectivity index (χ0n) is 20.2. The summed E-state index contributed by atoms with van der Waals surface area (Å²) in [6.07, 6.45) is 9.49. The zero-order valence-corrected chi connectivity index (χ0v) is 21.9. The molecule has 0 amide bonds. The maximum absolute atomic E-state index is 7.41. The van der Waals surface area contributed by atoms with Crippen molar-refractivity contribution in [1.29, 1.82) is 10.8 Å². The molecule has 0 aliphatic carbocycles. The summed E-state index contributed by atoms with van der Waals surface area (Å²) < 4.78 is 0. The predicted octanol–water partition coefficient (Wildman–Crippen LogP) is 2.84. The SMILES string of the molecule is CCCCC(CC)CNC(=N)N=C(N)N.CCCCC(CC)CNC(=N)N=C(N)N.Cl.Cl. The lowest BCUT2D eigenvalue weighted by atomic mass is 9.99. The number of nitrogens with two attached hydrogens (primary N) is 4. The topological polar surface area (TPSA) is 201 Å². The molecule has 0 heterocycles. The third-order valence-electron chi connectivity index (χ3n) is 4.68. The van der Waals surface area contributed by atoms with Crippen LogP contribution in [0.2, 0.25) is 0 Å². The Morgan fingerprint density at radius 3 is 1.22 bits per heavy atom. The quantitative estimate of drug-likeness (QED) is 0.150. The van der Waals surface area contributed by atoms with Crippen LogP contribution in [-0.4, -0.2) is 36.9 Å². The first kappa shape index (κ1) is 37.4. The van der Waals surface area contributed by atoms with E-state index >= 15 is 0 Å². The first-order chi connectivity index (χ1) is 14.2. The fourth-order valence-electron chi connectivity index (χ4n) is 2.71. The lowest BCUT2D eigenvalue weighted by Gasteiger charge is -2.14. The molecule has 0 aromatic heterocycles. The summed E-state index contributed by atoms with van der Waals surface area (Å²) in [7, 11) is 0. The van der Waals surface area contributed by atoms with Gasteiger partial charge in [0.2, 0.25) is 11.9 Å². The van der Waals surface area contributed by atoms with Gasteiger partial charge < -0.3 is 33.6 Å². The Morgan fingerprint density at radius 2 is 1.00 bits per heavy atom. The van der Waals surface area contributed by atoms with E-state index < -0.39 is 0 Å². The summed E-state index contributed by atoms with van der Waals surface area (Å²) in [6.45, 7) is 10.2. The van der Waals surface area contributed by atoms with Gasteiger partial charge in [0.15, 0.2) is 11.9 Å². The number of halogens is 2. The molecule has 0 radical (unpaired) electrons. The number of aliphatic imine (C=N–C) groups is 2. The van der Waals surface area contributed by atoms with Crippen LogP contribution in [0.1, 0.15) is 79.1 Å². The summed E-state index contributed by atoms with van der Waals surface area (Å²) >= 11 is 0. The van der Waals surface area contributed by atoms with Crippen LogP contribution < -0.4 is 33.6 Å². The Hall–Kier alpha value is -1.94. The lowest BCUT2D eigenvalue weighted by molar-refractivity contribution is 0.445. The molecule has 0 bridgehead atoms. The highest BCUT2D eigenvalue weighted by Gasteiger charge is 2.06. The van der Waals surface area contributed by atoms with Crippen molar-refractivity contribution in [3.05, 3.63) is 0 Å². The van der Waals surface area contributed by atoms with Gasteiger partial charge in [0.05, 0.1) is 0 Å². The molecular weight excluding hydrogens is 451 g/mol. The maximum atomic E-state index is 7.41. The van der Waals surface area contributed by atoms with Gasteiger partial charge in [-0.25, -0.2) is 0 Å². The van der Waals surface area contributed by atoms with Crippen LogP contribution in [0.15, 0.2) is 9.98 Å². The number of rotatable bonds is 12. The smallest absolute Gasteiger partial charge is 0.218 e. The second kappa shape index (κ2) is 25.3. The number of nitrogens with one attached hydrogen (secondary N) is 4. The minimum atomic E-state index is -0.0749. The summed E-state index contributed by atoms with van der Waals surface area (Å²) in [5.74, 6) is 1.14. The molecule has 0 spiro atoms. The van der Waals surface area contributed by atoms with Crippen LogP contribution in [0.5, 0.6) is 0 Å². The average molecular weight is 500 g/mol. The molecular formula is C20H48Cl2N10. The van der Waals surface area contributed by atoms with Crippen molar-refractivity contribution >= 4 is 48.7 Å². The third kappa shape index (κ3) is 26.1. The number of hydrogen-bond acceptors (Lipinski definition) is 2. The van der Waals surface area contributed by atoms with E-state index in [0.29, 0.717) is 11.8 Å². The minimum Gasteiger partial charge on any atom is -0.370 e. The third-order valence-corrected chi connectivity index (χ3v) is 4.68. The van der Waals surface area contributed by atoms with Crippen molar-refractivity contribution in [2.24, 2.45) is 44.8 Å². The Balaban J connectivity index is -0.000000231. The number of unbranched alkanes of at least 4 members (excludes halogenated alkanes) is 2. The second-order valence-electron chi connectivity index (χ2n) is 7.37. The second-order valence-corrected chi connectivity index (χ2v) is 7.37. The molecule has 2 atom stereocenters. The molecule has 192 valence electrons. The largest absolute Gasteiger partial charge is 0.370 e. The molecule has 0 aliphatic rings. The molecule has 0 aromatic rings. The van der Waals surface area contributed by atoms with E-state index in [1.54, 1.807) is 0 Å². The van der Waals surface area contributed by atoms with Crippen molar-refractivity contribution in [3.63, 3.8) is 0 Å². The normalized spacial score (nSPS) is 11.1. The van der Waals surface area contributed by atoms with E-state index in [9.17, 15) is 0 Å². The molecule has 32 heavy (non-hydrogen) atoms. The number of guanidine groups is 4. The van der Waals surface area contributed by atoms with Gasteiger partial charge in [0, 0.05) is 13.1 Å². The van der Waals surface area contributed by atoms with E-state index in [1.165, 1.54) is 38.5 Å². The number of hydrogen-bond donors (Lipinski definition) is 8. The Kier molecular flexibility index (Phi) is 29.6. The van der Waals surface area contributed by atoms with Gasteiger partial charge in [-0.15, -0.1) is 24.8 Å². The van der Waals surface area contributed by atoms with Crippen molar-refractivity contribution in [3.8, 4) is 0 Å². The first-order valence-electron chi connectivity index (χ1n) is 11.0. The molecule has 0 aliphatic heterocycles. The average Bonchev–Trinajstić information content (AvgIpc) is 2.67. The van der Waals surface area contributed by atoms with E-state index in [0.717, 1.165) is 25.9 Å². The molecule has 0 saturated heterocycles. The van der Waals surface area contributed by atoms with E-state index in [2.05, 4.69) is 48.3 Å².